The minimum Gasteiger partial charge on any atom is -0.385 e. The van der Waals surface area contributed by atoms with E-state index in [0.29, 0.717) is 22.0 Å². The van der Waals surface area contributed by atoms with Crippen LogP contribution in [0.25, 0.3) is 10.9 Å². The molecule has 0 aliphatic carbocycles. The molecule has 3 aromatic rings. The van der Waals surface area contributed by atoms with Crippen LogP contribution in [0.15, 0.2) is 54.7 Å². The van der Waals surface area contributed by atoms with E-state index in [4.69, 9.17) is 0 Å². The van der Waals surface area contributed by atoms with Gasteiger partial charge in [0, 0.05) is 17.1 Å². The molecule has 24 heavy (non-hydrogen) atoms. The Balaban J connectivity index is 2.10. The fraction of sp³-hybridized carbons (Fsp3) is 0.222. The van der Waals surface area contributed by atoms with Gasteiger partial charge in [-0.3, -0.25) is 0 Å². The van der Waals surface area contributed by atoms with Gasteiger partial charge in [0.05, 0.1) is 11.8 Å². The molecule has 0 bridgehead atoms. The highest BCUT2D eigenvalue weighted by Gasteiger charge is 2.25. The molecule has 0 spiro atoms. The van der Waals surface area contributed by atoms with Crippen molar-refractivity contribution in [2.24, 2.45) is 0 Å². The summed E-state index contributed by atoms with van der Waals surface area (Å²) < 4.78 is 25.1. The highest BCUT2D eigenvalue weighted by molar-refractivity contribution is 7.89. The van der Waals surface area contributed by atoms with E-state index in [0.717, 1.165) is 15.8 Å². The lowest BCUT2D eigenvalue weighted by Crippen LogP contribution is -2.11. The SMILES string of the molecule is Cc1ccc(C(O)C(O)c2cn(S(C)(=O)=O)c3ccccc23)cc1. The number of benzene rings is 2. The summed E-state index contributed by atoms with van der Waals surface area (Å²) in [6.07, 6.45) is 0.0960. The normalized spacial score (nSPS) is 14.7. The molecule has 0 amide bonds. The van der Waals surface area contributed by atoms with Crippen LogP contribution in [0, 0.1) is 6.92 Å². The fourth-order valence-electron chi connectivity index (χ4n) is 2.80. The first-order chi connectivity index (χ1) is 11.3. The Morgan fingerprint density at radius 3 is 2.21 bits per heavy atom. The molecule has 2 aromatic carbocycles. The van der Waals surface area contributed by atoms with Gasteiger partial charge >= 0.3 is 0 Å². The number of fused-ring (bicyclic) bond motifs is 1. The van der Waals surface area contributed by atoms with Crippen LogP contribution in [0.5, 0.6) is 0 Å². The van der Waals surface area contributed by atoms with Gasteiger partial charge in [0.25, 0.3) is 0 Å². The molecule has 0 saturated carbocycles. The molecule has 5 nitrogen and oxygen atoms in total. The minimum atomic E-state index is -3.51. The average molecular weight is 345 g/mol. The Morgan fingerprint density at radius 1 is 0.958 bits per heavy atom. The molecule has 0 fully saturated rings. The van der Waals surface area contributed by atoms with Crippen molar-refractivity contribution < 1.29 is 18.6 Å². The van der Waals surface area contributed by atoms with Gasteiger partial charge in [0.15, 0.2) is 0 Å². The number of hydrogen-bond acceptors (Lipinski definition) is 4. The van der Waals surface area contributed by atoms with E-state index in [2.05, 4.69) is 0 Å². The molecule has 0 aliphatic heterocycles. The topological polar surface area (TPSA) is 79.5 Å². The Bertz CT molecular complexity index is 974. The molecule has 0 saturated heterocycles. The summed E-state index contributed by atoms with van der Waals surface area (Å²) in [6, 6.07) is 14.1. The van der Waals surface area contributed by atoms with Crippen LogP contribution in [0.2, 0.25) is 0 Å². The Labute approximate surface area is 140 Å². The monoisotopic (exact) mass is 345 g/mol. The standard InChI is InChI=1S/C18H19NO4S/c1-12-7-9-13(10-8-12)17(20)18(21)15-11-19(24(2,22)23)16-6-4-3-5-14(15)16/h3-11,17-18,20-21H,1-2H3. The van der Waals surface area contributed by atoms with Crippen molar-refractivity contribution in [1.29, 1.82) is 0 Å². The highest BCUT2D eigenvalue weighted by atomic mass is 32.2. The van der Waals surface area contributed by atoms with Crippen LogP contribution < -0.4 is 0 Å². The van der Waals surface area contributed by atoms with E-state index in [1.165, 1.54) is 6.20 Å². The largest absolute Gasteiger partial charge is 0.385 e. The second-order valence-corrected chi connectivity index (χ2v) is 7.82. The molecule has 6 heteroatoms. The fourth-order valence-corrected chi connectivity index (χ4v) is 3.62. The second-order valence-electron chi connectivity index (χ2n) is 5.96. The molecular weight excluding hydrogens is 326 g/mol. The third-order valence-corrected chi connectivity index (χ3v) is 5.12. The smallest absolute Gasteiger partial charge is 0.236 e. The first-order valence-electron chi connectivity index (χ1n) is 7.52. The molecule has 126 valence electrons. The van der Waals surface area contributed by atoms with Gasteiger partial charge in [-0.25, -0.2) is 12.4 Å². The molecule has 1 aromatic heterocycles. The van der Waals surface area contributed by atoms with Crippen LogP contribution in [-0.2, 0) is 10.0 Å². The first-order valence-corrected chi connectivity index (χ1v) is 9.37. The van der Waals surface area contributed by atoms with Crippen LogP contribution in [0.1, 0.15) is 28.9 Å². The molecule has 2 N–H and O–H groups in total. The van der Waals surface area contributed by atoms with Crippen molar-refractivity contribution in [3.63, 3.8) is 0 Å². The van der Waals surface area contributed by atoms with E-state index < -0.39 is 22.2 Å². The predicted octanol–water partition coefficient (Wildman–Crippen LogP) is 2.52. The van der Waals surface area contributed by atoms with Crippen LogP contribution in [0.4, 0.5) is 0 Å². The van der Waals surface area contributed by atoms with Gasteiger partial charge in [0.2, 0.25) is 10.0 Å². The van der Waals surface area contributed by atoms with Gasteiger partial charge in [0.1, 0.15) is 12.2 Å². The molecule has 2 unspecified atom stereocenters. The summed E-state index contributed by atoms with van der Waals surface area (Å²) in [5, 5.41) is 21.7. The number of rotatable bonds is 4. The molecule has 0 aliphatic rings. The number of hydrogen-bond donors (Lipinski definition) is 2. The lowest BCUT2D eigenvalue weighted by Gasteiger charge is -2.18. The first kappa shape index (κ1) is 16.7. The van der Waals surface area contributed by atoms with Crippen molar-refractivity contribution in [2.75, 3.05) is 6.26 Å². The maximum absolute atomic E-state index is 12.0. The predicted molar refractivity (Wildman–Crippen MR) is 93.3 cm³/mol. The number of para-hydroxylation sites is 1. The molecule has 3 rings (SSSR count). The summed E-state index contributed by atoms with van der Waals surface area (Å²) in [4.78, 5) is 0. The quantitative estimate of drug-likeness (QED) is 0.761. The van der Waals surface area contributed by atoms with Crippen molar-refractivity contribution in [1.82, 2.24) is 3.97 Å². The molecule has 2 atom stereocenters. The Hall–Kier alpha value is -2.15. The Morgan fingerprint density at radius 2 is 1.58 bits per heavy atom. The van der Waals surface area contributed by atoms with Crippen molar-refractivity contribution in [2.45, 2.75) is 19.1 Å². The van der Waals surface area contributed by atoms with Gasteiger partial charge in [-0.15, -0.1) is 0 Å². The van der Waals surface area contributed by atoms with Crippen molar-refractivity contribution >= 4 is 20.9 Å². The van der Waals surface area contributed by atoms with Crippen LogP contribution >= 0.6 is 0 Å². The molecule has 1 heterocycles. The lowest BCUT2D eigenvalue weighted by molar-refractivity contribution is 0.0181. The van der Waals surface area contributed by atoms with Gasteiger partial charge < -0.3 is 10.2 Å². The third kappa shape index (κ3) is 2.96. The number of nitrogens with zero attached hydrogens (tertiary/aromatic N) is 1. The molecule has 0 radical (unpaired) electrons. The summed E-state index contributed by atoms with van der Waals surface area (Å²) in [5.41, 5.74) is 2.48. The summed E-state index contributed by atoms with van der Waals surface area (Å²) in [5.74, 6) is 0. The van der Waals surface area contributed by atoms with E-state index >= 15 is 0 Å². The maximum Gasteiger partial charge on any atom is 0.236 e. The van der Waals surface area contributed by atoms with Crippen molar-refractivity contribution in [3.05, 3.63) is 71.4 Å². The number of aromatic nitrogens is 1. The summed E-state index contributed by atoms with van der Waals surface area (Å²) in [6.45, 7) is 1.94. The average Bonchev–Trinajstić information content (AvgIpc) is 2.94. The van der Waals surface area contributed by atoms with Gasteiger partial charge in [-0.2, -0.15) is 0 Å². The van der Waals surface area contributed by atoms with E-state index in [-0.39, 0.29) is 0 Å². The van der Waals surface area contributed by atoms with Gasteiger partial charge in [-0.1, -0.05) is 48.0 Å². The van der Waals surface area contributed by atoms with E-state index in [9.17, 15) is 18.6 Å². The van der Waals surface area contributed by atoms with E-state index in [1.807, 2.05) is 19.1 Å². The highest BCUT2D eigenvalue weighted by Crippen LogP contribution is 2.34. The van der Waals surface area contributed by atoms with Gasteiger partial charge in [-0.05, 0) is 18.6 Å². The number of aryl methyl sites for hydroxylation is 1. The summed E-state index contributed by atoms with van der Waals surface area (Å²) >= 11 is 0. The number of aliphatic hydroxyl groups is 2. The third-order valence-electron chi connectivity index (χ3n) is 4.10. The zero-order valence-corrected chi connectivity index (χ0v) is 14.2. The van der Waals surface area contributed by atoms with Crippen LogP contribution in [0.3, 0.4) is 0 Å². The van der Waals surface area contributed by atoms with Crippen molar-refractivity contribution in [3.8, 4) is 0 Å². The second kappa shape index (κ2) is 6.05. The Kier molecular flexibility index (Phi) is 4.21. The molecular formula is C18H19NO4S. The maximum atomic E-state index is 12.0. The zero-order chi connectivity index (χ0) is 17.5. The minimum absolute atomic E-state index is 0.379. The van der Waals surface area contributed by atoms with Crippen LogP contribution in [-0.4, -0.2) is 28.9 Å². The number of aliphatic hydroxyl groups excluding tert-OH is 2. The lowest BCUT2D eigenvalue weighted by atomic mass is 9.97. The zero-order valence-electron chi connectivity index (χ0n) is 13.4. The summed E-state index contributed by atoms with van der Waals surface area (Å²) in [7, 11) is -3.51. The van der Waals surface area contributed by atoms with E-state index in [1.54, 1.807) is 36.4 Å².